The third-order valence-electron chi connectivity index (χ3n) is 4.30. The zero-order valence-corrected chi connectivity index (χ0v) is 14.5. The van der Waals surface area contributed by atoms with E-state index in [0.717, 1.165) is 44.1 Å². The second-order valence-electron chi connectivity index (χ2n) is 5.76. The van der Waals surface area contributed by atoms with Crippen molar-refractivity contribution in [3.63, 3.8) is 0 Å². The Morgan fingerprint density at radius 2 is 1.92 bits per heavy atom. The van der Waals surface area contributed by atoms with Crippen molar-refractivity contribution >= 4 is 28.9 Å². The molecule has 1 N–H and O–H groups in total. The van der Waals surface area contributed by atoms with Crippen molar-refractivity contribution in [3.05, 3.63) is 53.3 Å². The van der Waals surface area contributed by atoms with Gasteiger partial charge < -0.3 is 15.1 Å². The Kier molecular flexibility index (Phi) is 5.33. The van der Waals surface area contributed by atoms with Gasteiger partial charge in [0.05, 0.1) is 16.9 Å². The number of rotatable bonds is 4. The van der Waals surface area contributed by atoms with Crippen LogP contribution in [0.4, 0.5) is 11.4 Å². The second kappa shape index (κ2) is 7.64. The van der Waals surface area contributed by atoms with E-state index in [0.29, 0.717) is 10.7 Å². The molecule has 1 aliphatic heterocycles. The predicted molar refractivity (Wildman–Crippen MR) is 98.0 cm³/mol. The highest BCUT2D eigenvalue weighted by Crippen LogP contribution is 2.27. The van der Waals surface area contributed by atoms with Crippen LogP contribution >= 0.6 is 11.6 Å². The fraction of sp³-hybridized carbons (Fsp3) is 0.333. The van der Waals surface area contributed by atoms with Gasteiger partial charge in [-0.25, -0.2) is 4.98 Å². The normalized spacial score (nSPS) is 15.3. The smallest absolute Gasteiger partial charge is 0.257 e. The lowest BCUT2D eigenvalue weighted by atomic mass is 10.2. The summed E-state index contributed by atoms with van der Waals surface area (Å²) < 4.78 is 0. The average Bonchev–Trinajstić information content (AvgIpc) is 2.63. The molecule has 0 saturated carbocycles. The van der Waals surface area contributed by atoms with E-state index in [-0.39, 0.29) is 5.91 Å². The zero-order chi connectivity index (χ0) is 16.9. The quantitative estimate of drug-likeness (QED) is 0.866. The SMILES string of the molecule is CCN1CCN(c2ccccc2NC(=O)c2ccc(Cl)nc2)CC1. The molecule has 0 unspecified atom stereocenters. The van der Waals surface area contributed by atoms with Crippen LogP contribution in [0, 0.1) is 0 Å². The molecular formula is C18H21ClN4O. The second-order valence-corrected chi connectivity index (χ2v) is 6.15. The summed E-state index contributed by atoms with van der Waals surface area (Å²) in [7, 11) is 0. The summed E-state index contributed by atoms with van der Waals surface area (Å²) >= 11 is 5.77. The third-order valence-corrected chi connectivity index (χ3v) is 4.53. The molecule has 1 aromatic heterocycles. The number of nitrogens with zero attached hydrogens (tertiary/aromatic N) is 3. The number of hydrogen-bond acceptors (Lipinski definition) is 4. The minimum absolute atomic E-state index is 0.182. The maximum absolute atomic E-state index is 12.4. The number of pyridine rings is 1. The van der Waals surface area contributed by atoms with Gasteiger partial charge in [-0.05, 0) is 30.8 Å². The average molecular weight is 345 g/mol. The number of para-hydroxylation sites is 2. The highest BCUT2D eigenvalue weighted by atomic mass is 35.5. The first kappa shape index (κ1) is 16.7. The van der Waals surface area contributed by atoms with Crippen LogP contribution < -0.4 is 10.2 Å². The molecule has 0 spiro atoms. The van der Waals surface area contributed by atoms with Crippen molar-refractivity contribution in [1.82, 2.24) is 9.88 Å². The molecule has 24 heavy (non-hydrogen) atoms. The van der Waals surface area contributed by atoms with E-state index in [2.05, 4.69) is 33.1 Å². The molecule has 0 bridgehead atoms. The van der Waals surface area contributed by atoms with Crippen LogP contribution in [-0.4, -0.2) is 48.5 Å². The van der Waals surface area contributed by atoms with Crippen LogP contribution in [-0.2, 0) is 0 Å². The number of carbonyl (C=O) groups is 1. The Morgan fingerprint density at radius 3 is 2.58 bits per heavy atom. The van der Waals surface area contributed by atoms with Gasteiger partial charge in [0.25, 0.3) is 5.91 Å². The number of hydrogen-bond donors (Lipinski definition) is 1. The maximum Gasteiger partial charge on any atom is 0.257 e. The van der Waals surface area contributed by atoms with Gasteiger partial charge in [-0.3, -0.25) is 4.79 Å². The number of benzene rings is 1. The maximum atomic E-state index is 12.4. The van der Waals surface area contributed by atoms with Crippen molar-refractivity contribution in [1.29, 1.82) is 0 Å². The Hall–Kier alpha value is -2.11. The van der Waals surface area contributed by atoms with E-state index in [4.69, 9.17) is 11.6 Å². The largest absolute Gasteiger partial charge is 0.367 e. The lowest BCUT2D eigenvalue weighted by Crippen LogP contribution is -2.46. The van der Waals surface area contributed by atoms with E-state index in [9.17, 15) is 4.79 Å². The van der Waals surface area contributed by atoms with Gasteiger partial charge in [-0.1, -0.05) is 30.7 Å². The lowest BCUT2D eigenvalue weighted by Gasteiger charge is -2.36. The summed E-state index contributed by atoms with van der Waals surface area (Å²) in [5.41, 5.74) is 2.37. The first-order chi connectivity index (χ1) is 11.7. The predicted octanol–water partition coefficient (Wildman–Crippen LogP) is 3.13. The Balaban J connectivity index is 1.74. The molecule has 1 aromatic carbocycles. The fourth-order valence-corrected chi connectivity index (χ4v) is 2.98. The van der Waals surface area contributed by atoms with Crippen molar-refractivity contribution in [2.75, 3.05) is 42.9 Å². The number of halogens is 1. The van der Waals surface area contributed by atoms with Gasteiger partial charge in [-0.2, -0.15) is 0 Å². The summed E-state index contributed by atoms with van der Waals surface area (Å²) in [6, 6.07) is 11.2. The first-order valence-corrected chi connectivity index (χ1v) is 8.54. The summed E-state index contributed by atoms with van der Waals surface area (Å²) in [4.78, 5) is 21.1. The molecule has 5 nitrogen and oxygen atoms in total. The van der Waals surface area contributed by atoms with Crippen molar-refractivity contribution < 1.29 is 4.79 Å². The standard InChI is InChI=1S/C18H21ClN4O/c1-2-22-9-11-23(12-10-22)16-6-4-3-5-15(16)21-18(24)14-7-8-17(19)20-13-14/h3-8,13H,2,9-12H2,1H3,(H,21,24). The van der Waals surface area contributed by atoms with Crippen molar-refractivity contribution in [2.24, 2.45) is 0 Å². The van der Waals surface area contributed by atoms with Crippen LogP contribution in [0.3, 0.4) is 0 Å². The minimum Gasteiger partial charge on any atom is -0.367 e. The summed E-state index contributed by atoms with van der Waals surface area (Å²) in [6.07, 6.45) is 1.49. The van der Waals surface area contributed by atoms with Crippen LogP contribution in [0.2, 0.25) is 5.15 Å². The van der Waals surface area contributed by atoms with Crippen molar-refractivity contribution in [3.8, 4) is 0 Å². The molecule has 3 rings (SSSR count). The molecule has 0 aliphatic carbocycles. The number of likely N-dealkylation sites (N-methyl/N-ethyl adjacent to an activating group) is 1. The summed E-state index contributed by atoms with van der Waals surface area (Å²) in [5, 5.41) is 3.37. The molecule has 6 heteroatoms. The van der Waals surface area contributed by atoms with E-state index in [1.807, 2.05) is 18.2 Å². The van der Waals surface area contributed by atoms with Gasteiger partial charge in [0, 0.05) is 32.4 Å². The molecular weight excluding hydrogens is 324 g/mol. The van der Waals surface area contributed by atoms with Gasteiger partial charge in [0.15, 0.2) is 0 Å². The number of amides is 1. The van der Waals surface area contributed by atoms with E-state index < -0.39 is 0 Å². The van der Waals surface area contributed by atoms with Gasteiger partial charge in [0.2, 0.25) is 0 Å². The minimum atomic E-state index is -0.182. The molecule has 2 aromatic rings. The van der Waals surface area contributed by atoms with E-state index in [1.54, 1.807) is 12.1 Å². The summed E-state index contributed by atoms with van der Waals surface area (Å²) in [6.45, 7) is 7.27. The third kappa shape index (κ3) is 3.86. The highest BCUT2D eigenvalue weighted by molar-refractivity contribution is 6.29. The molecule has 1 saturated heterocycles. The van der Waals surface area contributed by atoms with Gasteiger partial charge in [-0.15, -0.1) is 0 Å². The van der Waals surface area contributed by atoms with Crippen LogP contribution in [0.1, 0.15) is 17.3 Å². The molecule has 0 atom stereocenters. The lowest BCUT2D eigenvalue weighted by molar-refractivity contribution is 0.102. The number of piperazine rings is 1. The first-order valence-electron chi connectivity index (χ1n) is 8.16. The summed E-state index contributed by atoms with van der Waals surface area (Å²) in [5.74, 6) is -0.182. The Labute approximate surface area is 147 Å². The molecule has 1 fully saturated rings. The highest BCUT2D eigenvalue weighted by Gasteiger charge is 2.19. The van der Waals surface area contributed by atoms with Crippen molar-refractivity contribution in [2.45, 2.75) is 6.92 Å². The number of aromatic nitrogens is 1. The molecule has 1 aliphatic rings. The number of nitrogens with one attached hydrogen (secondary N) is 1. The Bertz CT molecular complexity index is 696. The van der Waals surface area contributed by atoms with Gasteiger partial charge >= 0.3 is 0 Å². The zero-order valence-electron chi connectivity index (χ0n) is 13.7. The Morgan fingerprint density at radius 1 is 1.17 bits per heavy atom. The number of carbonyl (C=O) groups excluding carboxylic acids is 1. The topological polar surface area (TPSA) is 48.5 Å². The van der Waals surface area contributed by atoms with Crippen LogP contribution in [0.5, 0.6) is 0 Å². The van der Waals surface area contributed by atoms with Gasteiger partial charge in [0.1, 0.15) is 5.15 Å². The molecule has 126 valence electrons. The van der Waals surface area contributed by atoms with E-state index in [1.165, 1.54) is 6.20 Å². The van der Waals surface area contributed by atoms with Crippen LogP contribution in [0.25, 0.3) is 0 Å². The monoisotopic (exact) mass is 344 g/mol. The number of anilines is 2. The molecule has 2 heterocycles. The van der Waals surface area contributed by atoms with Crippen LogP contribution in [0.15, 0.2) is 42.6 Å². The molecule has 0 radical (unpaired) electrons. The fourth-order valence-electron chi connectivity index (χ4n) is 2.86. The van der Waals surface area contributed by atoms with E-state index >= 15 is 0 Å². The molecule has 1 amide bonds.